The monoisotopic (exact) mass is 278 g/mol. The van der Waals surface area contributed by atoms with Gasteiger partial charge in [0.25, 0.3) is 0 Å². The minimum Gasteiger partial charge on any atom is -0.374 e. The predicted molar refractivity (Wildman–Crippen MR) is 81.2 cm³/mol. The third-order valence-corrected chi connectivity index (χ3v) is 3.46. The Bertz CT molecular complexity index is 393. The fraction of sp³-hybridized carbons (Fsp3) is 0.562. The standard InChI is InChI=1S/C16H26N2O2/c1-12(13(2)17)16(19)18-10-7-11-20-14(3)15-8-5-4-6-9-15/h4-6,8-9,12-14H,7,10-11,17H2,1-3H3,(H,18,19). The normalized spacial score (nSPS) is 15.4. The van der Waals surface area contributed by atoms with Gasteiger partial charge in [0.2, 0.25) is 5.91 Å². The summed E-state index contributed by atoms with van der Waals surface area (Å²) in [4.78, 5) is 11.7. The molecule has 1 amide bonds. The molecule has 0 aromatic heterocycles. The maximum absolute atomic E-state index is 11.7. The Morgan fingerprint density at radius 3 is 2.50 bits per heavy atom. The zero-order valence-corrected chi connectivity index (χ0v) is 12.6. The summed E-state index contributed by atoms with van der Waals surface area (Å²) in [6.45, 7) is 6.97. The first-order valence-corrected chi connectivity index (χ1v) is 7.22. The zero-order valence-electron chi connectivity index (χ0n) is 12.6. The largest absolute Gasteiger partial charge is 0.374 e. The van der Waals surface area contributed by atoms with Crippen LogP contribution in [0.5, 0.6) is 0 Å². The molecule has 1 rings (SSSR count). The molecule has 3 unspecified atom stereocenters. The summed E-state index contributed by atoms with van der Waals surface area (Å²) < 4.78 is 5.74. The van der Waals surface area contributed by atoms with Gasteiger partial charge in [-0.25, -0.2) is 0 Å². The number of carbonyl (C=O) groups is 1. The molecular formula is C16H26N2O2. The number of nitrogens with two attached hydrogens (primary N) is 1. The summed E-state index contributed by atoms with van der Waals surface area (Å²) in [5.74, 6) is -0.143. The van der Waals surface area contributed by atoms with Crippen LogP contribution in [0, 0.1) is 5.92 Å². The van der Waals surface area contributed by atoms with Crippen molar-refractivity contribution in [1.82, 2.24) is 5.32 Å². The van der Waals surface area contributed by atoms with Gasteiger partial charge in [-0.2, -0.15) is 0 Å². The number of rotatable bonds is 8. The second kappa shape index (κ2) is 8.72. The second-order valence-corrected chi connectivity index (χ2v) is 5.22. The van der Waals surface area contributed by atoms with Crippen molar-refractivity contribution in [3.8, 4) is 0 Å². The SMILES string of the molecule is CC(OCCCNC(=O)C(C)C(C)N)c1ccccc1. The van der Waals surface area contributed by atoms with Crippen molar-refractivity contribution in [3.05, 3.63) is 35.9 Å². The van der Waals surface area contributed by atoms with Crippen LogP contribution >= 0.6 is 0 Å². The van der Waals surface area contributed by atoms with E-state index in [2.05, 4.69) is 17.4 Å². The molecule has 3 N–H and O–H groups in total. The molecule has 0 bridgehead atoms. The van der Waals surface area contributed by atoms with Crippen LogP contribution in [0.2, 0.25) is 0 Å². The second-order valence-electron chi connectivity index (χ2n) is 5.22. The van der Waals surface area contributed by atoms with Crippen LogP contribution in [-0.4, -0.2) is 25.1 Å². The molecule has 112 valence electrons. The molecule has 0 heterocycles. The van der Waals surface area contributed by atoms with Crippen molar-refractivity contribution in [2.75, 3.05) is 13.2 Å². The van der Waals surface area contributed by atoms with Crippen molar-refractivity contribution in [2.24, 2.45) is 11.7 Å². The first-order valence-electron chi connectivity index (χ1n) is 7.22. The Morgan fingerprint density at radius 2 is 1.90 bits per heavy atom. The maximum Gasteiger partial charge on any atom is 0.224 e. The molecule has 4 nitrogen and oxygen atoms in total. The van der Waals surface area contributed by atoms with E-state index in [0.29, 0.717) is 13.2 Å². The van der Waals surface area contributed by atoms with Crippen LogP contribution in [-0.2, 0) is 9.53 Å². The van der Waals surface area contributed by atoms with E-state index < -0.39 is 0 Å². The first kappa shape index (κ1) is 16.7. The van der Waals surface area contributed by atoms with E-state index in [4.69, 9.17) is 10.5 Å². The highest BCUT2D eigenvalue weighted by Crippen LogP contribution is 2.15. The van der Waals surface area contributed by atoms with E-state index in [-0.39, 0.29) is 24.0 Å². The van der Waals surface area contributed by atoms with Crippen molar-refractivity contribution in [3.63, 3.8) is 0 Å². The lowest BCUT2D eigenvalue weighted by molar-refractivity contribution is -0.124. The van der Waals surface area contributed by atoms with E-state index >= 15 is 0 Å². The molecule has 0 saturated carbocycles. The molecule has 0 spiro atoms. The lowest BCUT2D eigenvalue weighted by Crippen LogP contribution is -2.39. The highest BCUT2D eigenvalue weighted by Gasteiger charge is 2.15. The number of hydrogen-bond acceptors (Lipinski definition) is 3. The average Bonchev–Trinajstić information content (AvgIpc) is 2.46. The molecule has 0 saturated heterocycles. The lowest BCUT2D eigenvalue weighted by atomic mass is 10.0. The summed E-state index contributed by atoms with van der Waals surface area (Å²) in [6.07, 6.45) is 0.879. The van der Waals surface area contributed by atoms with E-state index in [1.54, 1.807) is 0 Å². The molecule has 0 aliphatic heterocycles. The van der Waals surface area contributed by atoms with Crippen molar-refractivity contribution in [1.29, 1.82) is 0 Å². The lowest BCUT2D eigenvalue weighted by Gasteiger charge is -2.16. The van der Waals surface area contributed by atoms with E-state index in [0.717, 1.165) is 6.42 Å². The molecule has 0 aliphatic rings. The first-order chi connectivity index (χ1) is 9.52. The summed E-state index contributed by atoms with van der Waals surface area (Å²) >= 11 is 0. The number of amides is 1. The van der Waals surface area contributed by atoms with Gasteiger partial charge in [-0.1, -0.05) is 37.3 Å². The molecule has 4 heteroatoms. The Morgan fingerprint density at radius 1 is 1.25 bits per heavy atom. The third kappa shape index (κ3) is 5.72. The Kier molecular flexibility index (Phi) is 7.26. The van der Waals surface area contributed by atoms with Gasteiger partial charge in [0, 0.05) is 25.1 Å². The van der Waals surface area contributed by atoms with Crippen LogP contribution in [0.3, 0.4) is 0 Å². The number of ether oxygens (including phenoxy) is 1. The van der Waals surface area contributed by atoms with Crippen LogP contribution in [0.1, 0.15) is 38.9 Å². The Labute approximate surface area is 121 Å². The van der Waals surface area contributed by atoms with E-state index in [1.165, 1.54) is 5.56 Å². The van der Waals surface area contributed by atoms with Crippen molar-refractivity contribution in [2.45, 2.75) is 39.3 Å². The molecular weight excluding hydrogens is 252 g/mol. The van der Waals surface area contributed by atoms with E-state index in [9.17, 15) is 4.79 Å². The number of nitrogens with one attached hydrogen (secondary N) is 1. The molecule has 3 atom stereocenters. The van der Waals surface area contributed by atoms with Crippen LogP contribution in [0.15, 0.2) is 30.3 Å². The summed E-state index contributed by atoms with van der Waals surface area (Å²) in [5.41, 5.74) is 6.85. The summed E-state index contributed by atoms with van der Waals surface area (Å²) in [7, 11) is 0. The molecule has 0 aliphatic carbocycles. The molecule has 0 fully saturated rings. The summed E-state index contributed by atoms with van der Waals surface area (Å²) in [5, 5.41) is 2.88. The van der Waals surface area contributed by atoms with Crippen LogP contribution in [0.25, 0.3) is 0 Å². The maximum atomic E-state index is 11.7. The van der Waals surface area contributed by atoms with Gasteiger partial charge in [0.1, 0.15) is 0 Å². The minimum atomic E-state index is -0.154. The predicted octanol–water partition coefficient (Wildman–Crippen LogP) is 2.25. The molecule has 20 heavy (non-hydrogen) atoms. The third-order valence-electron chi connectivity index (χ3n) is 3.46. The van der Waals surface area contributed by atoms with Crippen molar-refractivity contribution >= 4 is 5.91 Å². The van der Waals surface area contributed by atoms with Crippen molar-refractivity contribution < 1.29 is 9.53 Å². The summed E-state index contributed by atoms with van der Waals surface area (Å²) in [6, 6.07) is 9.98. The fourth-order valence-corrected chi connectivity index (χ4v) is 1.76. The van der Waals surface area contributed by atoms with Gasteiger partial charge in [0.05, 0.1) is 6.10 Å². The van der Waals surface area contributed by atoms with Gasteiger partial charge in [-0.3, -0.25) is 4.79 Å². The van der Waals surface area contributed by atoms with Gasteiger partial charge >= 0.3 is 0 Å². The zero-order chi connectivity index (χ0) is 15.0. The fourth-order valence-electron chi connectivity index (χ4n) is 1.76. The molecule has 1 aromatic carbocycles. The Hall–Kier alpha value is -1.39. The highest BCUT2D eigenvalue weighted by atomic mass is 16.5. The van der Waals surface area contributed by atoms with Gasteiger partial charge in [-0.05, 0) is 25.8 Å². The number of hydrogen-bond donors (Lipinski definition) is 2. The highest BCUT2D eigenvalue weighted by molar-refractivity contribution is 5.78. The smallest absolute Gasteiger partial charge is 0.224 e. The average molecular weight is 278 g/mol. The van der Waals surface area contributed by atoms with Crippen LogP contribution in [0.4, 0.5) is 0 Å². The molecule has 0 radical (unpaired) electrons. The topological polar surface area (TPSA) is 64.3 Å². The Balaban J connectivity index is 2.15. The van der Waals surface area contributed by atoms with Crippen LogP contribution < -0.4 is 11.1 Å². The number of benzene rings is 1. The number of carbonyl (C=O) groups excluding carboxylic acids is 1. The minimum absolute atomic E-state index is 0.0103. The van der Waals surface area contributed by atoms with Gasteiger partial charge in [0.15, 0.2) is 0 Å². The van der Waals surface area contributed by atoms with E-state index in [1.807, 2.05) is 39.0 Å². The molecule has 1 aromatic rings. The van der Waals surface area contributed by atoms with Gasteiger partial charge < -0.3 is 15.8 Å². The quantitative estimate of drug-likeness (QED) is 0.717. The van der Waals surface area contributed by atoms with Gasteiger partial charge in [-0.15, -0.1) is 0 Å².